The van der Waals surface area contributed by atoms with Gasteiger partial charge in [0.15, 0.2) is 0 Å². The van der Waals surface area contributed by atoms with Crippen LogP contribution < -0.4 is 4.90 Å². The molecule has 2 nitrogen and oxygen atoms in total. The average molecular weight is 324 g/mol. The number of nitrogens with zero attached hydrogens (tertiary/aromatic N) is 2. The van der Waals surface area contributed by atoms with Crippen LogP contribution in [-0.2, 0) is 0 Å². The Kier molecular flexibility index (Phi) is 5.94. The van der Waals surface area contributed by atoms with Gasteiger partial charge in [-0.2, -0.15) is 11.8 Å². The van der Waals surface area contributed by atoms with Gasteiger partial charge in [0.2, 0.25) is 0 Å². The molecule has 90 valence electrons. The van der Waals surface area contributed by atoms with E-state index < -0.39 is 0 Å². The highest BCUT2D eigenvalue weighted by Crippen LogP contribution is 2.27. The van der Waals surface area contributed by atoms with E-state index in [9.17, 15) is 0 Å². The van der Waals surface area contributed by atoms with Crippen molar-refractivity contribution >= 4 is 45.1 Å². The molecule has 0 spiro atoms. The van der Waals surface area contributed by atoms with Crippen LogP contribution >= 0.6 is 39.3 Å². The Bertz CT molecular complexity index is 349. The number of anilines is 1. The van der Waals surface area contributed by atoms with Crippen molar-refractivity contribution in [2.45, 2.75) is 19.4 Å². The van der Waals surface area contributed by atoms with Crippen LogP contribution in [0.3, 0.4) is 0 Å². The fourth-order valence-corrected chi connectivity index (χ4v) is 2.85. The number of pyridine rings is 1. The highest BCUT2D eigenvalue weighted by molar-refractivity contribution is 9.10. The number of halogens is 2. The monoisotopic (exact) mass is 322 g/mol. The SMILES string of the molecule is CSCCC(C)N(C)c1ncc(Cl)cc1Br. The molecule has 0 bridgehead atoms. The lowest BCUT2D eigenvalue weighted by atomic mass is 10.2. The van der Waals surface area contributed by atoms with Gasteiger partial charge >= 0.3 is 0 Å². The Balaban J connectivity index is 2.75. The smallest absolute Gasteiger partial charge is 0.142 e. The van der Waals surface area contributed by atoms with E-state index in [0.29, 0.717) is 11.1 Å². The van der Waals surface area contributed by atoms with Crippen LogP contribution in [0.2, 0.25) is 5.02 Å². The van der Waals surface area contributed by atoms with Gasteiger partial charge < -0.3 is 4.90 Å². The van der Waals surface area contributed by atoms with E-state index in [4.69, 9.17) is 11.6 Å². The molecule has 0 aromatic carbocycles. The fraction of sp³-hybridized carbons (Fsp3) is 0.545. The van der Waals surface area contributed by atoms with Crippen LogP contribution in [0, 0.1) is 0 Å². The van der Waals surface area contributed by atoms with E-state index in [1.54, 1.807) is 6.20 Å². The second kappa shape index (κ2) is 6.72. The van der Waals surface area contributed by atoms with Gasteiger partial charge in [0.1, 0.15) is 5.82 Å². The predicted octanol–water partition coefficient (Wildman–Crippen LogP) is 4.08. The average Bonchev–Trinajstić information content (AvgIpc) is 2.25. The van der Waals surface area contributed by atoms with Crippen molar-refractivity contribution in [1.29, 1.82) is 0 Å². The van der Waals surface area contributed by atoms with Crippen molar-refractivity contribution in [3.63, 3.8) is 0 Å². The summed E-state index contributed by atoms with van der Waals surface area (Å²) in [5.74, 6) is 2.11. The molecule has 16 heavy (non-hydrogen) atoms. The number of thioether (sulfide) groups is 1. The minimum absolute atomic E-state index is 0.470. The highest BCUT2D eigenvalue weighted by atomic mass is 79.9. The number of hydrogen-bond donors (Lipinski definition) is 0. The molecule has 0 aliphatic carbocycles. The zero-order valence-electron chi connectivity index (χ0n) is 9.70. The lowest BCUT2D eigenvalue weighted by molar-refractivity contribution is 0.661. The minimum atomic E-state index is 0.470. The number of hydrogen-bond acceptors (Lipinski definition) is 3. The molecule has 5 heteroatoms. The van der Waals surface area contributed by atoms with Crippen molar-refractivity contribution in [3.8, 4) is 0 Å². The highest BCUT2D eigenvalue weighted by Gasteiger charge is 2.13. The van der Waals surface area contributed by atoms with Crippen molar-refractivity contribution in [2.75, 3.05) is 24.0 Å². The number of aromatic nitrogens is 1. The molecule has 0 fully saturated rings. The van der Waals surface area contributed by atoms with Gasteiger partial charge in [0.05, 0.1) is 9.50 Å². The summed E-state index contributed by atoms with van der Waals surface area (Å²) in [5, 5.41) is 0.654. The topological polar surface area (TPSA) is 16.1 Å². The van der Waals surface area contributed by atoms with Crippen LogP contribution in [0.25, 0.3) is 0 Å². The Labute approximate surface area is 115 Å². The first-order valence-corrected chi connectivity index (χ1v) is 7.65. The molecule has 1 rings (SSSR count). The normalized spacial score (nSPS) is 12.6. The van der Waals surface area contributed by atoms with E-state index in [-0.39, 0.29) is 0 Å². The lowest BCUT2D eigenvalue weighted by Crippen LogP contribution is -2.30. The third-order valence-electron chi connectivity index (χ3n) is 2.52. The largest absolute Gasteiger partial charge is 0.356 e. The minimum Gasteiger partial charge on any atom is -0.356 e. The zero-order chi connectivity index (χ0) is 12.1. The second-order valence-corrected chi connectivity index (χ2v) is 5.98. The molecule has 1 heterocycles. The van der Waals surface area contributed by atoms with Crippen molar-refractivity contribution in [1.82, 2.24) is 4.98 Å². The molecular formula is C11H16BrClN2S. The summed E-state index contributed by atoms with van der Waals surface area (Å²) in [6.45, 7) is 2.21. The molecular weight excluding hydrogens is 308 g/mol. The van der Waals surface area contributed by atoms with E-state index in [0.717, 1.165) is 22.5 Å². The second-order valence-electron chi connectivity index (χ2n) is 3.70. The van der Waals surface area contributed by atoms with Crippen LogP contribution in [0.4, 0.5) is 5.82 Å². The van der Waals surface area contributed by atoms with Crippen molar-refractivity contribution in [3.05, 3.63) is 21.8 Å². The maximum absolute atomic E-state index is 5.87. The standard InChI is InChI=1S/C11H16BrClN2S/c1-8(4-5-16-3)15(2)11-10(12)6-9(13)7-14-11/h6-8H,4-5H2,1-3H3. The van der Waals surface area contributed by atoms with Crippen molar-refractivity contribution < 1.29 is 0 Å². The lowest BCUT2D eigenvalue weighted by Gasteiger charge is -2.26. The van der Waals surface area contributed by atoms with Gasteiger partial charge in [-0.05, 0) is 47.3 Å². The van der Waals surface area contributed by atoms with Crippen LogP contribution in [-0.4, -0.2) is 30.1 Å². The van der Waals surface area contributed by atoms with Gasteiger partial charge in [-0.1, -0.05) is 11.6 Å². The van der Waals surface area contributed by atoms with Gasteiger partial charge in [-0.15, -0.1) is 0 Å². The van der Waals surface area contributed by atoms with Crippen LogP contribution in [0.5, 0.6) is 0 Å². The Hall–Kier alpha value is 0.0700. The van der Waals surface area contributed by atoms with Gasteiger partial charge in [0, 0.05) is 19.3 Å². The zero-order valence-corrected chi connectivity index (χ0v) is 12.9. The van der Waals surface area contributed by atoms with E-state index >= 15 is 0 Å². The Morgan fingerprint density at radius 1 is 1.62 bits per heavy atom. The first kappa shape index (κ1) is 14.1. The fourth-order valence-electron chi connectivity index (χ4n) is 1.36. The van der Waals surface area contributed by atoms with Crippen molar-refractivity contribution in [2.24, 2.45) is 0 Å². The molecule has 0 aliphatic heterocycles. The summed E-state index contributed by atoms with van der Waals surface area (Å²) in [7, 11) is 2.06. The summed E-state index contributed by atoms with van der Waals surface area (Å²) in [5.41, 5.74) is 0. The number of rotatable bonds is 5. The molecule has 0 saturated heterocycles. The molecule has 1 unspecified atom stereocenters. The summed E-state index contributed by atoms with van der Waals surface area (Å²) >= 11 is 11.2. The molecule has 0 radical (unpaired) electrons. The van der Waals surface area contributed by atoms with E-state index in [2.05, 4.69) is 46.0 Å². The van der Waals surface area contributed by atoms with Crippen LogP contribution in [0.1, 0.15) is 13.3 Å². The first-order chi connectivity index (χ1) is 7.56. The van der Waals surface area contributed by atoms with Gasteiger partial charge in [-0.25, -0.2) is 4.98 Å². The molecule has 0 saturated carbocycles. The summed E-state index contributed by atoms with van der Waals surface area (Å²) in [4.78, 5) is 6.52. The Morgan fingerprint density at radius 3 is 2.88 bits per heavy atom. The molecule has 1 aromatic rings. The molecule has 1 aromatic heterocycles. The summed E-state index contributed by atoms with van der Waals surface area (Å²) in [6.07, 6.45) is 4.96. The Morgan fingerprint density at radius 2 is 2.31 bits per heavy atom. The van der Waals surface area contributed by atoms with E-state index in [1.807, 2.05) is 17.8 Å². The van der Waals surface area contributed by atoms with Gasteiger partial charge in [-0.3, -0.25) is 0 Å². The van der Waals surface area contributed by atoms with Crippen LogP contribution in [0.15, 0.2) is 16.7 Å². The third-order valence-corrected chi connectivity index (χ3v) is 3.96. The quantitative estimate of drug-likeness (QED) is 0.812. The van der Waals surface area contributed by atoms with E-state index in [1.165, 1.54) is 0 Å². The molecule has 0 amide bonds. The maximum Gasteiger partial charge on any atom is 0.142 e. The molecule has 1 atom stereocenters. The summed E-state index contributed by atoms with van der Waals surface area (Å²) < 4.78 is 0.943. The first-order valence-electron chi connectivity index (χ1n) is 5.09. The molecule has 0 aliphatic rings. The third kappa shape index (κ3) is 3.82. The van der Waals surface area contributed by atoms with Gasteiger partial charge in [0.25, 0.3) is 0 Å². The summed E-state index contributed by atoms with van der Waals surface area (Å²) in [6, 6.07) is 2.35. The maximum atomic E-state index is 5.87. The predicted molar refractivity (Wildman–Crippen MR) is 77.8 cm³/mol. The molecule has 0 N–H and O–H groups in total.